The van der Waals surface area contributed by atoms with Gasteiger partial charge in [0, 0.05) is 6.04 Å². The van der Waals surface area contributed by atoms with Crippen LogP contribution in [0.15, 0.2) is 36.4 Å². The van der Waals surface area contributed by atoms with Gasteiger partial charge in [-0.05, 0) is 44.0 Å². The summed E-state index contributed by atoms with van der Waals surface area (Å²) in [6.07, 6.45) is 6.81. The van der Waals surface area contributed by atoms with Crippen LogP contribution in [0.4, 0.5) is 11.5 Å². The molecular formula is C21H26N4O3. The largest absolute Gasteiger partial charge is 0.462 e. The number of benzene rings is 1. The fourth-order valence-electron chi connectivity index (χ4n) is 3.32. The minimum atomic E-state index is -0.405. The van der Waals surface area contributed by atoms with Gasteiger partial charge in [0.1, 0.15) is 0 Å². The van der Waals surface area contributed by atoms with Crippen molar-refractivity contribution in [1.29, 1.82) is 0 Å². The van der Waals surface area contributed by atoms with Gasteiger partial charge in [0.2, 0.25) is 0 Å². The molecule has 1 fully saturated rings. The number of ether oxygens (including phenoxy) is 1. The summed E-state index contributed by atoms with van der Waals surface area (Å²) in [6, 6.07) is 10.6. The minimum Gasteiger partial charge on any atom is -0.462 e. The number of hydrogen-bond donors (Lipinski definition) is 2. The highest BCUT2D eigenvalue weighted by Gasteiger charge is 2.17. The molecule has 0 aliphatic heterocycles. The monoisotopic (exact) mass is 382 g/mol. The number of nitrogens with zero attached hydrogens (tertiary/aromatic N) is 2. The molecule has 0 unspecified atom stereocenters. The first kappa shape index (κ1) is 19.8. The lowest BCUT2D eigenvalue weighted by Crippen LogP contribution is -2.35. The van der Waals surface area contributed by atoms with E-state index in [1.807, 2.05) is 6.07 Å². The molecule has 1 amide bonds. The van der Waals surface area contributed by atoms with Gasteiger partial charge < -0.3 is 15.4 Å². The van der Waals surface area contributed by atoms with Gasteiger partial charge in [-0.2, -0.15) is 0 Å². The molecule has 28 heavy (non-hydrogen) atoms. The normalized spacial score (nSPS) is 14.8. The zero-order valence-corrected chi connectivity index (χ0v) is 16.1. The van der Waals surface area contributed by atoms with E-state index in [4.69, 9.17) is 4.74 Å². The van der Waals surface area contributed by atoms with Crippen LogP contribution in [0.25, 0.3) is 0 Å². The lowest BCUT2D eigenvalue weighted by atomic mass is 10.1. The Labute approximate surface area is 164 Å². The van der Waals surface area contributed by atoms with E-state index < -0.39 is 5.97 Å². The Balaban J connectivity index is 1.65. The molecule has 2 aromatic rings. The molecule has 2 N–H and O–H groups in total. The number of carbonyl (C=O) groups excluding carboxylic acids is 2. The highest BCUT2D eigenvalue weighted by molar-refractivity contribution is 5.96. The molecule has 0 bridgehead atoms. The van der Waals surface area contributed by atoms with Gasteiger partial charge in [0.15, 0.2) is 11.5 Å². The summed E-state index contributed by atoms with van der Waals surface area (Å²) in [7, 11) is 0. The van der Waals surface area contributed by atoms with Gasteiger partial charge in [-0.15, -0.1) is 10.2 Å². The average molecular weight is 382 g/mol. The van der Waals surface area contributed by atoms with E-state index in [-0.39, 0.29) is 17.6 Å². The van der Waals surface area contributed by atoms with E-state index in [9.17, 15) is 9.59 Å². The molecule has 3 rings (SSSR count). The number of aromatic nitrogens is 2. The van der Waals surface area contributed by atoms with E-state index >= 15 is 0 Å². The van der Waals surface area contributed by atoms with Crippen molar-refractivity contribution in [2.75, 3.05) is 11.9 Å². The summed E-state index contributed by atoms with van der Waals surface area (Å²) in [6.45, 7) is 2.07. The van der Waals surface area contributed by atoms with Gasteiger partial charge in [-0.25, -0.2) is 4.79 Å². The number of esters is 1. The second kappa shape index (κ2) is 9.82. The van der Waals surface area contributed by atoms with Gasteiger partial charge in [0.25, 0.3) is 5.91 Å². The summed E-state index contributed by atoms with van der Waals surface area (Å²) in [5, 5.41) is 14.2. The first-order valence-electron chi connectivity index (χ1n) is 9.85. The third kappa shape index (κ3) is 5.28. The predicted octanol–water partition coefficient (Wildman–Crippen LogP) is 3.85. The number of hydrogen-bond acceptors (Lipinski definition) is 6. The van der Waals surface area contributed by atoms with Crippen LogP contribution in [0.1, 0.15) is 66.3 Å². The second-order valence-corrected chi connectivity index (χ2v) is 6.86. The fourth-order valence-corrected chi connectivity index (χ4v) is 3.32. The molecule has 148 valence electrons. The fraction of sp³-hybridized carbons (Fsp3) is 0.429. The van der Waals surface area contributed by atoms with Gasteiger partial charge in [-0.3, -0.25) is 4.79 Å². The number of carbonyl (C=O) groups is 2. The highest BCUT2D eigenvalue weighted by atomic mass is 16.5. The number of amides is 1. The molecular weight excluding hydrogens is 356 g/mol. The molecule has 1 saturated carbocycles. The molecule has 0 atom stereocenters. The van der Waals surface area contributed by atoms with E-state index in [1.54, 1.807) is 37.3 Å². The molecule has 1 aromatic heterocycles. The Morgan fingerprint density at radius 2 is 1.79 bits per heavy atom. The van der Waals surface area contributed by atoms with Gasteiger partial charge in [-0.1, -0.05) is 37.8 Å². The van der Waals surface area contributed by atoms with Crippen LogP contribution >= 0.6 is 0 Å². The number of rotatable bonds is 6. The van der Waals surface area contributed by atoms with Crippen LogP contribution in [0.5, 0.6) is 0 Å². The lowest BCUT2D eigenvalue weighted by Gasteiger charge is -2.15. The molecule has 7 heteroatoms. The summed E-state index contributed by atoms with van der Waals surface area (Å²) in [5.41, 5.74) is 1.28. The standard InChI is InChI=1S/C21H26N4O3/c1-2-28-21(27)16-11-7-8-12-17(16)23-19-14-13-18(24-25-19)20(26)22-15-9-5-3-4-6-10-15/h7-8,11-15H,2-6,9-10H2,1H3,(H,22,26)(H,23,25). The van der Waals surface area contributed by atoms with Crippen molar-refractivity contribution in [1.82, 2.24) is 15.5 Å². The molecule has 1 aromatic carbocycles. The van der Waals surface area contributed by atoms with Crippen LogP contribution in [-0.4, -0.2) is 34.7 Å². The Bertz CT molecular complexity index is 800. The third-order valence-electron chi connectivity index (χ3n) is 4.77. The van der Waals surface area contributed by atoms with E-state index in [0.717, 1.165) is 25.7 Å². The Morgan fingerprint density at radius 3 is 2.46 bits per heavy atom. The Hall–Kier alpha value is -2.96. The van der Waals surface area contributed by atoms with E-state index in [2.05, 4.69) is 20.8 Å². The SMILES string of the molecule is CCOC(=O)c1ccccc1Nc1ccc(C(=O)NC2CCCCCC2)nn1. The van der Waals surface area contributed by atoms with Crippen LogP contribution in [-0.2, 0) is 4.74 Å². The summed E-state index contributed by atoms with van der Waals surface area (Å²) in [4.78, 5) is 24.5. The van der Waals surface area contributed by atoms with Crippen molar-refractivity contribution in [3.8, 4) is 0 Å². The topological polar surface area (TPSA) is 93.2 Å². The zero-order valence-electron chi connectivity index (χ0n) is 16.1. The number of anilines is 2. The first-order chi connectivity index (χ1) is 13.7. The molecule has 7 nitrogen and oxygen atoms in total. The Morgan fingerprint density at radius 1 is 1.04 bits per heavy atom. The zero-order chi connectivity index (χ0) is 19.8. The average Bonchev–Trinajstić information content (AvgIpc) is 2.98. The Kier molecular flexibility index (Phi) is 6.94. The quantitative estimate of drug-likeness (QED) is 0.582. The summed E-state index contributed by atoms with van der Waals surface area (Å²) >= 11 is 0. The molecule has 0 radical (unpaired) electrons. The number of para-hydroxylation sites is 1. The van der Waals surface area contributed by atoms with Crippen molar-refractivity contribution in [3.05, 3.63) is 47.7 Å². The summed E-state index contributed by atoms with van der Waals surface area (Å²) in [5.74, 6) is -0.154. The smallest absolute Gasteiger partial charge is 0.340 e. The maximum atomic E-state index is 12.4. The molecule has 1 heterocycles. The van der Waals surface area contributed by atoms with Crippen LogP contribution in [0.2, 0.25) is 0 Å². The third-order valence-corrected chi connectivity index (χ3v) is 4.77. The van der Waals surface area contributed by atoms with Crippen molar-refractivity contribution in [2.45, 2.75) is 51.5 Å². The second-order valence-electron chi connectivity index (χ2n) is 6.86. The van der Waals surface area contributed by atoms with Crippen LogP contribution in [0.3, 0.4) is 0 Å². The molecule has 0 spiro atoms. The number of nitrogens with one attached hydrogen (secondary N) is 2. The maximum Gasteiger partial charge on any atom is 0.340 e. The van der Waals surface area contributed by atoms with Crippen molar-refractivity contribution >= 4 is 23.4 Å². The van der Waals surface area contributed by atoms with E-state index in [0.29, 0.717) is 23.7 Å². The molecule has 1 aliphatic carbocycles. The van der Waals surface area contributed by atoms with E-state index in [1.165, 1.54) is 12.8 Å². The summed E-state index contributed by atoms with van der Waals surface area (Å²) < 4.78 is 5.07. The van der Waals surface area contributed by atoms with Gasteiger partial charge in [0.05, 0.1) is 17.9 Å². The minimum absolute atomic E-state index is 0.196. The molecule has 0 saturated heterocycles. The maximum absolute atomic E-state index is 12.4. The van der Waals surface area contributed by atoms with Crippen molar-refractivity contribution in [3.63, 3.8) is 0 Å². The van der Waals surface area contributed by atoms with Crippen molar-refractivity contribution in [2.24, 2.45) is 0 Å². The highest BCUT2D eigenvalue weighted by Crippen LogP contribution is 2.21. The predicted molar refractivity (Wildman–Crippen MR) is 107 cm³/mol. The molecule has 1 aliphatic rings. The lowest BCUT2D eigenvalue weighted by molar-refractivity contribution is 0.0527. The van der Waals surface area contributed by atoms with Crippen LogP contribution < -0.4 is 10.6 Å². The van der Waals surface area contributed by atoms with Crippen molar-refractivity contribution < 1.29 is 14.3 Å². The van der Waals surface area contributed by atoms with Crippen LogP contribution in [0, 0.1) is 0 Å². The van der Waals surface area contributed by atoms with Gasteiger partial charge >= 0.3 is 5.97 Å². The first-order valence-corrected chi connectivity index (χ1v) is 9.85.